The van der Waals surface area contributed by atoms with Crippen molar-refractivity contribution in [3.05, 3.63) is 11.7 Å². The van der Waals surface area contributed by atoms with Crippen LogP contribution in [0.15, 0.2) is 8.86 Å². The fraction of sp³-hybridized carbons (Fsp3) is 0.500. The van der Waals surface area contributed by atoms with Crippen molar-refractivity contribution in [1.82, 2.24) is 20.3 Å². The highest BCUT2D eigenvalue weighted by Crippen LogP contribution is 2.25. The number of carboxylic acid groups (broad SMARTS) is 1. The van der Waals surface area contributed by atoms with E-state index in [9.17, 15) is 19.8 Å². The Balaban J connectivity index is 1.97. The highest BCUT2D eigenvalue weighted by Gasteiger charge is 2.48. The predicted molar refractivity (Wildman–Crippen MR) is 91.7 cm³/mol. The number of thioether (sulfide) groups is 1. The Labute approximate surface area is 155 Å². The molecule has 0 saturated carbocycles. The maximum absolute atomic E-state index is 11.6. The number of anilines is 1. The Bertz CT molecular complexity index is 782. The fourth-order valence-electron chi connectivity index (χ4n) is 1.95. The number of carbonyl (C=O) groups is 2. The average molecular weight is 403 g/mol. The monoisotopic (exact) mass is 403 g/mol. The number of aliphatic hydroxyl groups excluding tert-OH is 1. The standard InChI is InChI=1S/C12H17N7O5S2/c1-25-11-18-17-10(26-11)15-4-2-3-5(20)12(14,9(22)23)8-16-7(6(13)21)19-24-8/h5,20H,2-4,14H2,1H3,(H2,13,21)(H,15,17)(H,22,23). The smallest absolute Gasteiger partial charge is 0.336 e. The van der Waals surface area contributed by atoms with Crippen molar-refractivity contribution < 1.29 is 24.3 Å². The molecule has 0 aromatic carbocycles. The largest absolute Gasteiger partial charge is 0.479 e. The number of nitrogens with zero attached hydrogens (tertiary/aromatic N) is 4. The van der Waals surface area contributed by atoms with Gasteiger partial charge in [-0.25, -0.2) is 4.79 Å². The van der Waals surface area contributed by atoms with Crippen molar-refractivity contribution in [3.8, 4) is 0 Å². The van der Waals surface area contributed by atoms with Crippen molar-refractivity contribution in [1.29, 1.82) is 0 Å². The Morgan fingerprint density at radius 3 is 2.73 bits per heavy atom. The maximum atomic E-state index is 11.6. The SMILES string of the molecule is CSc1nnc(NCCCC(O)C(N)(C(=O)O)c2nc(C(N)=O)no2)s1. The quantitative estimate of drug-likeness (QED) is 0.245. The van der Waals surface area contributed by atoms with Crippen molar-refractivity contribution in [3.63, 3.8) is 0 Å². The number of amides is 1. The van der Waals surface area contributed by atoms with Crippen LogP contribution in [0.5, 0.6) is 0 Å². The van der Waals surface area contributed by atoms with Crippen LogP contribution in [0.1, 0.15) is 29.4 Å². The molecule has 0 aliphatic carbocycles. The number of carbonyl (C=O) groups excluding carboxylic acids is 1. The van der Waals surface area contributed by atoms with Gasteiger partial charge < -0.3 is 31.5 Å². The molecule has 26 heavy (non-hydrogen) atoms. The summed E-state index contributed by atoms with van der Waals surface area (Å²) in [6.45, 7) is 0.409. The second kappa shape index (κ2) is 8.39. The lowest BCUT2D eigenvalue weighted by Crippen LogP contribution is -2.54. The predicted octanol–water partition coefficient (Wildman–Crippen LogP) is -0.766. The van der Waals surface area contributed by atoms with Gasteiger partial charge >= 0.3 is 5.97 Å². The summed E-state index contributed by atoms with van der Waals surface area (Å²) in [7, 11) is 0. The molecular weight excluding hydrogens is 386 g/mol. The van der Waals surface area contributed by atoms with E-state index >= 15 is 0 Å². The van der Waals surface area contributed by atoms with Gasteiger partial charge in [0, 0.05) is 6.54 Å². The van der Waals surface area contributed by atoms with E-state index in [2.05, 4.69) is 25.7 Å². The third kappa shape index (κ3) is 4.27. The highest BCUT2D eigenvalue weighted by atomic mass is 32.2. The van der Waals surface area contributed by atoms with Crippen molar-refractivity contribution in [2.45, 2.75) is 28.8 Å². The number of nitrogens with two attached hydrogens (primary N) is 2. The first kappa shape index (κ1) is 20.0. The minimum absolute atomic E-state index is 0.0122. The summed E-state index contributed by atoms with van der Waals surface area (Å²) in [5.41, 5.74) is 8.42. The number of nitrogens with one attached hydrogen (secondary N) is 1. The Morgan fingerprint density at radius 2 is 2.19 bits per heavy atom. The molecule has 12 nitrogen and oxygen atoms in total. The number of aliphatic hydroxyl groups is 1. The van der Waals surface area contributed by atoms with Gasteiger partial charge in [-0.05, 0) is 19.1 Å². The average Bonchev–Trinajstić information content (AvgIpc) is 3.26. The molecule has 7 N–H and O–H groups in total. The normalized spacial score (nSPS) is 14.6. The van der Waals surface area contributed by atoms with E-state index in [0.717, 1.165) is 4.34 Å². The molecule has 2 unspecified atom stereocenters. The Hall–Kier alpha value is -2.29. The second-order valence-electron chi connectivity index (χ2n) is 5.12. The summed E-state index contributed by atoms with van der Waals surface area (Å²) in [5.74, 6) is -3.71. The van der Waals surface area contributed by atoms with Crippen LogP contribution < -0.4 is 16.8 Å². The molecule has 0 saturated heterocycles. The van der Waals surface area contributed by atoms with Gasteiger partial charge in [0.1, 0.15) is 0 Å². The maximum Gasteiger partial charge on any atom is 0.336 e. The minimum Gasteiger partial charge on any atom is -0.479 e. The van der Waals surface area contributed by atoms with E-state index < -0.39 is 35.2 Å². The summed E-state index contributed by atoms with van der Waals surface area (Å²) < 4.78 is 5.51. The number of hydrogen-bond acceptors (Lipinski definition) is 12. The summed E-state index contributed by atoms with van der Waals surface area (Å²) in [4.78, 5) is 26.1. The Morgan fingerprint density at radius 1 is 1.46 bits per heavy atom. The zero-order valence-corrected chi connectivity index (χ0v) is 15.2. The van der Waals surface area contributed by atoms with Gasteiger partial charge in [-0.2, -0.15) is 4.98 Å². The van der Waals surface area contributed by atoms with E-state index in [4.69, 9.17) is 16.0 Å². The van der Waals surface area contributed by atoms with E-state index in [0.29, 0.717) is 18.1 Å². The molecule has 1 amide bonds. The van der Waals surface area contributed by atoms with Gasteiger partial charge in [0.05, 0.1) is 6.10 Å². The molecule has 142 valence electrons. The summed E-state index contributed by atoms with van der Waals surface area (Å²) in [6, 6.07) is 0. The van der Waals surface area contributed by atoms with E-state index in [-0.39, 0.29) is 6.42 Å². The topological polar surface area (TPSA) is 203 Å². The van der Waals surface area contributed by atoms with Gasteiger partial charge in [-0.1, -0.05) is 28.3 Å². The number of aromatic nitrogens is 4. The van der Waals surface area contributed by atoms with Crippen molar-refractivity contribution in [2.24, 2.45) is 11.5 Å². The lowest BCUT2D eigenvalue weighted by atomic mass is 9.90. The first-order valence-corrected chi connectivity index (χ1v) is 9.28. The molecule has 14 heteroatoms. The van der Waals surface area contributed by atoms with Crippen LogP contribution >= 0.6 is 23.1 Å². The summed E-state index contributed by atoms with van der Waals surface area (Å²) >= 11 is 2.84. The number of primary amides is 1. The molecule has 2 heterocycles. The molecule has 0 aliphatic rings. The summed E-state index contributed by atoms with van der Waals surface area (Å²) in [6.07, 6.45) is 0.727. The molecule has 0 spiro atoms. The minimum atomic E-state index is -2.37. The van der Waals surface area contributed by atoms with Crippen LogP contribution in [0.25, 0.3) is 0 Å². The highest BCUT2D eigenvalue weighted by molar-refractivity contribution is 8.00. The van der Waals surface area contributed by atoms with E-state index in [1.165, 1.54) is 23.1 Å². The van der Waals surface area contributed by atoms with Crippen LogP contribution in [0.3, 0.4) is 0 Å². The lowest BCUT2D eigenvalue weighted by molar-refractivity contribution is -0.150. The van der Waals surface area contributed by atoms with Gasteiger partial charge in [0.25, 0.3) is 17.6 Å². The molecule has 0 bridgehead atoms. The van der Waals surface area contributed by atoms with Gasteiger partial charge in [0.15, 0.2) is 4.34 Å². The summed E-state index contributed by atoms with van der Waals surface area (Å²) in [5, 5.41) is 34.4. The van der Waals surface area contributed by atoms with Crippen LogP contribution in [-0.2, 0) is 10.3 Å². The van der Waals surface area contributed by atoms with E-state index in [1.54, 1.807) is 0 Å². The van der Waals surface area contributed by atoms with Crippen LogP contribution in [-0.4, -0.2) is 61.3 Å². The van der Waals surface area contributed by atoms with Crippen LogP contribution in [0, 0.1) is 0 Å². The molecule has 2 atom stereocenters. The zero-order valence-electron chi connectivity index (χ0n) is 13.6. The number of aliphatic carboxylic acids is 1. The van der Waals surface area contributed by atoms with Crippen LogP contribution in [0.4, 0.5) is 5.13 Å². The first-order valence-electron chi connectivity index (χ1n) is 7.24. The Kier molecular flexibility index (Phi) is 6.47. The zero-order chi connectivity index (χ0) is 19.3. The van der Waals surface area contributed by atoms with Gasteiger partial charge in [-0.3, -0.25) is 4.79 Å². The molecule has 0 fully saturated rings. The third-order valence-corrected chi connectivity index (χ3v) is 5.25. The molecule has 2 rings (SSSR count). The van der Waals surface area contributed by atoms with Crippen LogP contribution in [0.2, 0.25) is 0 Å². The van der Waals surface area contributed by atoms with E-state index in [1.807, 2.05) is 6.26 Å². The van der Waals surface area contributed by atoms with Gasteiger partial charge in [-0.15, -0.1) is 10.2 Å². The molecule has 0 aliphatic heterocycles. The molecular formula is C12H17N7O5S2. The second-order valence-corrected chi connectivity index (χ2v) is 7.15. The number of hydrogen-bond donors (Lipinski definition) is 5. The molecule has 0 radical (unpaired) electrons. The van der Waals surface area contributed by atoms with Gasteiger partial charge in [0.2, 0.25) is 10.7 Å². The fourth-order valence-corrected chi connectivity index (χ4v) is 3.15. The van der Waals surface area contributed by atoms with Crippen molar-refractivity contribution >= 4 is 40.1 Å². The lowest BCUT2D eigenvalue weighted by Gasteiger charge is -2.26. The number of rotatable bonds is 10. The molecule has 2 aromatic rings. The molecule has 2 aromatic heterocycles. The van der Waals surface area contributed by atoms with Crippen molar-refractivity contribution in [2.75, 3.05) is 18.1 Å². The third-order valence-electron chi connectivity index (χ3n) is 3.39. The first-order chi connectivity index (χ1) is 12.3. The number of carboxylic acids is 1.